The lowest BCUT2D eigenvalue weighted by Crippen LogP contribution is -2.41. The number of carbonyl (C=O) groups is 1. The number of hydrogen-bond donors (Lipinski definition) is 1. The lowest BCUT2D eigenvalue weighted by molar-refractivity contribution is 0.0731. The Labute approximate surface area is 178 Å². The van der Waals surface area contributed by atoms with Crippen LogP contribution in [0.2, 0.25) is 0 Å². The average molecular weight is 436 g/mol. The summed E-state index contributed by atoms with van der Waals surface area (Å²) in [4.78, 5) is 16.3. The summed E-state index contributed by atoms with van der Waals surface area (Å²) in [6.45, 7) is 6.45. The van der Waals surface area contributed by atoms with Crippen molar-refractivity contribution in [3.05, 3.63) is 65.5 Å². The quantitative estimate of drug-likeness (QED) is 0.692. The topological polar surface area (TPSA) is 69.7 Å². The Bertz CT molecular complexity index is 971. The maximum atomic E-state index is 14.4. The second-order valence-electron chi connectivity index (χ2n) is 8.52. The molecule has 0 fully saturated rings. The zero-order valence-electron chi connectivity index (χ0n) is 18.1. The zero-order valence-corrected chi connectivity index (χ0v) is 19.0. The Morgan fingerprint density at radius 3 is 2.23 bits per heavy atom. The van der Waals surface area contributed by atoms with Crippen molar-refractivity contribution in [2.24, 2.45) is 0 Å². The van der Waals surface area contributed by atoms with Crippen LogP contribution in [0.4, 0.5) is 4.39 Å². The van der Waals surface area contributed by atoms with E-state index in [2.05, 4.69) is 4.72 Å². The first kappa shape index (κ1) is 24.0. The van der Waals surface area contributed by atoms with E-state index in [1.807, 2.05) is 49.3 Å². The summed E-state index contributed by atoms with van der Waals surface area (Å²) >= 11 is 0. The summed E-state index contributed by atoms with van der Waals surface area (Å²) in [6, 6.07) is 13.0. The highest BCUT2D eigenvalue weighted by atomic mass is 32.2. The van der Waals surface area contributed by atoms with Crippen LogP contribution in [0.25, 0.3) is 0 Å². The summed E-state index contributed by atoms with van der Waals surface area (Å²) < 4.78 is 42.1. The number of likely N-dealkylation sites (N-methyl/N-ethyl adjacent to an activating group) is 1. The molecule has 2 aromatic carbocycles. The molecule has 0 aliphatic carbocycles. The number of hydrogen-bond acceptors (Lipinski definition) is 4. The lowest BCUT2D eigenvalue weighted by atomic mass is 10.1. The summed E-state index contributed by atoms with van der Waals surface area (Å²) in [6.07, 6.45) is 0. The minimum absolute atomic E-state index is 0.125. The van der Waals surface area contributed by atoms with Gasteiger partial charge in [0, 0.05) is 30.7 Å². The maximum Gasteiger partial charge on any atom is 0.254 e. The largest absolute Gasteiger partial charge is 0.333 e. The molecule has 0 saturated heterocycles. The molecule has 30 heavy (non-hydrogen) atoms. The summed E-state index contributed by atoms with van der Waals surface area (Å²) in [5.74, 6) is -1.25. The van der Waals surface area contributed by atoms with Gasteiger partial charge in [0.2, 0.25) is 10.0 Å². The summed E-state index contributed by atoms with van der Waals surface area (Å²) in [5.41, 5.74) is 0.297. The zero-order chi connectivity index (χ0) is 22.5. The Kier molecular flexibility index (Phi) is 7.74. The van der Waals surface area contributed by atoms with E-state index in [0.717, 1.165) is 17.7 Å². The van der Waals surface area contributed by atoms with E-state index in [4.69, 9.17) is 0 Å². The molecule has 0 aliphatic heterocycles. The van der Waals surface area contributed by atoms with E-state index in [1.54, 1.807) is 25.7 Å². The van der Waals surface area contributed by atoms with Crippen LogP contribution in [0.1, 0.15) is 36.7 Å². The first-order valence-corrected chi connectivity index (χ1v) is 11.2. The monoisotopic (exact) mass is 435 g/mol. The van der Waals surface area contributed by atoms with E-state index in [9.17, 15) is 17.6 Å². The number of rotatable bonds is 8. The minimum Gasteiger partial charge on any atom is -0.333 e. The van der Waals surface area contributed by atoms with E-state index in [0.29, 0.717) is 19.6 Å². The van der Waals surface area contributed by atoms with E-state index in [1.165, 1.54) is 6.07 Å². The van der Waals surface area contributed by atoms with Gasteiger partial charge in [-0.15, -0.1) is 0 Å². The van der Waals surface area contributed by atoms with Gasteiger partial charge in [-0.2, -0.15) is 0 Å². The van der Waals surface area contributed by atoms with Gasteiger partial charge in [-0.05, 0) is 58.6 Å². The number of amides is 1. The van der Waals surface area contributed by atoms with Gasteiger partial charge in [0.25, 0.3) is 5.91 Å². The molecule has 0 atom stereocenters. The molecule has 0 spiro atoms. The van der Waals surface area contributed by atoms with Crippen LogP contribution >= 0.6 is 0 Å². The predicted molar refractivity (Wildman–Crippen MR) is 116 cm³/mol. The molecule has 6 nitrogen and oxygen atoms in total. The van der Waals surface area contributed by atoms with Crippen LogP contribution < -0.4 is 4.72 Å². The minimum atomic E-state index is -4.12. The molecule has 1 N–H and O–H groups in total. The van der Waals surface area contributed by atoms with Crippen molar-refractivity contribution in [3.63, 3.8) is 0 Å². The van der Waals surface area contributed by atoms with Gasteiger partial charge in [-0.1, -0.05) is 30.3 Å². The van der Waals surface area contributed by atoms with Crippen molar-refractivity contribution in [2.45, 2.75) is 37.8 Å². The fourth-order valence-electron chi connectivity index (χ4n) is 2.86. The fourth-order valence-corrected chi connectivity index (χ4v) is 4.38. The number of halogens is 1. The Hall–Kier alpha value is -2.29. The van der Waals surface area contributed by atoms with Gasteiger partial charge in [0.05, 0.1) is 0 Å². The molecule has 0 bridgehead atoms. The molecule has 8 heteroatoms. The standard InChI is InChI=1S/C22H30FN3O3S/c1-22(2,3)24-30(28,29)20-15-18(11-12-19(20)23)21(27)26(14-13-25(4)5)16-17-9-7-6-8-10-17/h6-12,15,24H,13-14,16H2,1-5H3. The van der Waals surface area contributed by atoms with Crippen molar-refractivity contribution in [1.29, 1.82) is 0 Å². The molecule has 164 valence electrons. The van der Waals surface area contributed by atoms with Crippen molar-refractivity contribution >= 4 is 15.9 Å². The van der Waals surface area contributed by atoms with Gasteiger partial charge < -0.3 is 9.80 Å². The SMILES string of the molecule is CN(C)CCN(Cc1ccccc1)C(=O)c1ccc(F)c(S(=O)(=O)NC(C)(C)C)c1. The van der Waals surface area contributed by atoms with Gasteiger partial charge in [-0.3, -0.25) is 4.79 Å². The molecule has 0 saturated carbocycles. The smallest absolute Gasteiger partial charge is 0.254 e. The molecule has 0 heterocycles. The molecule has 2 rings (SSSR count). The highest BCUT2D eigenvalue weighted by Gasteiger charge is 2.27. The highest BCUT2D eigenvalue weighted by molar-refractivity contribution is 7.89. The Morgan fingerprint density at radius 2 is 1.67 bits per heavy atom. The average Bonchev–Trinajstić information content (AvgIpc) is 2.63. The number of sulfonamides is 1. The van der Waals surface area contributed by atoms with Gasteiger partial charge in [0.15, 0.2) is 0 Å². The Morgan fingerprint density at radius 1 is 1.03 bits per heavy atom. The molecule has 2 aromatic rings. The third kappa shape index (κ3) is 6.90. The lowest BCUT2D eigenvalue weighted by Gasteiger charge is -2.25. The van der Waals surface area contributed by atoms with Crippen LogP contribution in [-0.4, -0.2) is 56.8 Å². The van der Waals surface area contributed by atoms with Crippen LogP contribution in [0.3, 0.4) is 0 Å². The van der Waals surface area contributed by atoms with Gasteiger partial charge >= 0.3 is 0 Å². The van der Waals surface area contributed by atoms with Crippen LogP contribution in [-0.2, 0) is 16.6 Å². The number of benzene rings is 2. The van der Waals surface area contributed by atoms with E-state index in [-0.39, 0.29) is 11.5 Å². The fraction of sp³-hybridized carbons (Fsp3) is 0.409. The third-order valence-corrected chi connectivity index (χ3v) is 6.00. The highest BCUT2D eigenvalue weighted by Crippen LogP contribution is 2.20. The second-order valence-corrected chi connectivity index (χ2v) is 10.2. The maximum absolute atomic E-state index is 14.4. The molecule has 0 unspecified atom stereocenters. The molecule has 0 aliphatic rings. The number of carbonyl (C=O) groups excluding carboxylic acids is 1. The third-order valence-electron chi connectivity index (χ3n) is 4.23. The van der Waals surface area contributed by atoms with E-state index < -0.39 is 26.3 Å². The molecule has 0 aromatic heterocycles. The van der Waals surface area contributed by atoms with Crippen molar-refractivity contribution in [1.82, 2.24) is 14.5 Å². The van der Waals surface area contributed by atoms with Gasteiger partial charge in [0.1, 0.15) is 10.7 Å². The second kappa shape index (κ2) is 9.68. The van der Waals surface area contributed by atoms with Crippen LogP contribution in [0.15, 0.2) is 53.4 Å². The van der Waals surface area contributed by atoms with Gasteiger partial charge in [-0.25, -0.2) is 17.5 Å². The number of nitrogens with zero attached hydrogens (tertiary/aromatic N) is 2. The summed E-state index contributed by atoms with van der Waals surface area (Å²) in [7, 11) is -0.302. The van der Waals surface area contributed by atoms with Crippen molar-refractivity contribution < 1.29 is 17.6 Å². The molecule has 0 radical (unpaired) electrons. The predicted octanol–water partition coefficient (Wildman–Crippen LogP) is 3.11. The normalized spacial score (nSPS) is 12.2. The van der Waals surface area contributed by atoms with E-state index >= 15 is 0 Å². The molecular weight excluding hydrogens is 405 g/mol. The van der Waals surface area contributed by atoms with Crippen LogP contribution in [0, 0.1) is 5.82 Å². The first-order chi connectivity index (χ1) is 13.9. The van der Waals surface area contributed by atoms with Crippen molar-refractivity contribution in [2.75, 3.05) is 27.2 Å². The molecule has 1 amide bonds. The van der Waals surface area contributed by atoms with Crippen LogP contribution in [0.5, 0.6) is 0 Å². The first-order valence-electron chi connectivity index (χ1n) is 9.70. The number of nitrogens with one attached hydrogen (secondary N) is 1. The molecular formula is C22H30FN3O3S. The van der Waals surface area contributed by atoms with Crippen molar-refractivity contribution in [3.8, 4) is 0 Å². The summed E-state index contributed by atoms with van der Waals surface area (Å²) in [5, 5.41) is 0. The Balaban J connectivity index is 2.37.